The minimum Gasteiger partial charge on any atom is -0.341 e. The third-order valence-electron chi connectivity index (χ3n) is 6.17. The number of carbonyl (C=O) groups excluding carboxylic acids is 2. The fraction of sp³-hybridized carbons (Fsp3) is 0.652. The molecule has 0 spiro atoms. The smallest absolute Gasteiger partial charge is 0.236 e. The van der Waals surface area contributed by atoms with Crippen LogP contribution in [0.1, 0.15) is 56.9 Å². The molecule has 0 unspecified atom stereocenters. The molecule has 6 heteroatoms. The van der Waals surface area contributed by atoms with Gasteiger partial charge in [0, 0.05) is 25.2 Å². The predicted molar refractivity (Wildman–Crippen MR) is 113 cm³/mol. The number of rotatable bonds is 6. The van der Waals surface area contributed by atoms with Crippen molar-refractivity contribution < 1.29 is 14.0 Å². The highest BCUT2D eigenvalue weighted by molar-refractivity contribution is 5.91. The van der Waals surface area contributed by atoms with Crippen LogP contribution in [-0.4, -0.2) is 54.3 Å². The molecular formula is C23H34FN3O2. The second-order valence-corrected chi connectivity index (χ2v) is 8.58. The summed E-state index contributed by atoms with van der Waals surface area (Å²) in [6, 6.07) is 4.38. The highest BCUT2D eigenvalue weighted by Crippen LogP contribution is 2.23. The molecule has 0 bridgehead atoms. The van der Waals surface area contributed by atoms with Crippen molar-refractivity contribution in [2.24, 2.45) is 5.92 Å². The van der Waals surface area contributed by atoms with Gasteiger partial charge in [0.15, 0.2) is 0 Å². The Hall–Kier alpha value is -1.95. The van der Waals surface area contributed by atoms with Crippen LogP contribution < -0.4 is 5.32 Å². The number of hydrogen-bond donors (Lipinski definition) is 1. The minimum atomic E-state index is -0.298. The lowest BCUT2D eigenvalue weighted by Crippen LogP contribution is -2.45. The van der Waals surface area contributed by atoms with Gasteiger partial charge < -0.3 is 10.2 Å². The van der Waals surface area contributed by atoms with Gasteiger partial charge in [-0.05, 0) is 81.8 Å². The first-order chi connectivity index (χ1) is 14.0. The van der Waals surface area contributed by atoms with E-state index in [1.165, 1.54) is 37.8 Å². The van der Waals surface area contributed by atoms with Crippen molar-refractivity contribution in [2.45, 2.75) is 58.3 Å². The van der Waals surface area contributed by atoms with Gasteiger partial charge in [-0.2, -0.15) is 0 Å². The van der Waals surface area contributed by atoms with Crippen molar-refractivity contribution in [3.8, 4) is 0 Å². The Morgan fingerprint density at radius 1 is 1.10 bits per heavy atom. The number of nitrogens with zero attached hydrogens (tertiary/aromatic N) is 2. The maximum absolute atomic E-state index is 13.2. The number of amides is 2. The second-order valence-electron chi connectivity index (χ2n) is 8.58. The van der Waals surface area contributed by atoms with Crippen LogP contribution in [0.5, 0.6) is 0 Å². The van der Waals surface area contributed by atoms with E-state index < -0.39 is 0 Å². The quantitative estimate of drug-likeness (QED) is 0.782. The highest BCUT2D eigenvalue weighted by atomic mass is 19.1. The van der Waals surface area contributed by atoms with Gasteiger partial charge in [0.2, 0.25) is 11.8 Å². The van der Waals surface area contributed by atoms with Crippen LogP contribution in [0.4, 0.5) is 10.1 Å². The third kappa shape index (κ3) is 6.81. The molecule has 0 aromatic heterocycles. The van der Waals surface area contributed by atoms with E-state index in [9.17, 15) is 14.0 Å². The van der Waals surface area contributed by atoms with E-state index in [0.29, 0.717) is 24.6 Å². The molecule has 1 aromatic carbocycles. The summed E-state index contributed by atoms with van der Waals surface area (Å²) in [5.74, 6) is 0.264. The van der Waals surface area contributed by atoms with Crippen LogP contribution >= 0.6 is 0 Å². The molecule has 5 nitrogen and oxygen atoms in total. The number of nitrogens with one attached hydrogen (secondary N) is 1. The summed E-state index contributed by atoms with van der Waals surface area (Å²) in [7, 11) is 0. The lowest BCUT2D eigenvalue weighted by Gasteiger charge is -2.34. The Balaban J connectivity index is 1.42. The monoisotopic (exact) mass is 403 g/mol. The first kappa shape index (κ1) is 21.8. The molecule has 1 atom stereocenters. The number of piperidine rings is 1. The van der Waals surface area contributed by atoms with Gasteiger partial charge in [-0.25, -0.2) is 4.39 Å². The molecule has 1 N–H and O–H groups in total. The largest absolute Gasteiger partial charge is 0.341 e. The normalized spacial score (nSPS) is 20.9. The molecule has 2 amide bonds. The maximum Gasteiger partial charge on any atom is 0.236 e. The number of halogens is 1. The van der Waals surface area contributed by atoms with Crippen molar-refractivity contribution in [3.63, 3.8) is 0 Å². The molecule has 0 saturated carbocycles. The SMILES string of the molecule is Cc1cc(F)ccc1NC(=O)CC[C@@H]1CCCN(C(=O)CN2CCCCCC2)C1. The van der Waals surface area contributed by atoms with Crippen LogP contribution in [-0.2, 0) is 9.59 Å². The van der Waals surface area contributed by atoms with Crippen LogP contribution in [0.2, 0.25) is 0 Å². The minimum absolute atomic E-state index is 0.0484. The van der Waals surface area contributed by atoms with Crippen molar-refractivity contribution >= 4 is 17.5 Å². The summed E-state index contributed by atoms with van der Waals surface area (Å²) < 4.78 is 13.2. The van der Waals surface area contributed by atoms with Gasteiger partial charge in [-0.15, -0.1) is 0 Å². The van der Waals surface area contributed by atoms with Crippen LogP contribution in [0, 0.1) is 18.7 Å². The summed E-state index contributed by atoms with van der Waals surface area (Å²) in [4.78, 5) is 29.4. The van der Waals surface area contributed by atoms with Gasteiger partial charge in [0.05, 0.1) is 6.54 Å². The molecule has 3 rings (SSSR count). The Labute approximate surface area is 173 Å². The average Bonchev–Trinajstić information content (AvgIpc) is 2.97. The summed E-state index contributed by atoms with van der Waals surface area (Å²) in [6.45, 7) is 5.99. The number of hydrogen-bond acceptors (Lipinski definition) is 3. The van der Waals surface area contributed by atoms with Gasteiger partial charge >= 0.3 is 0 Å². The van der Waals surface area contributed by atoms with E-state index >= 15 is 0 Å². The molecule has 2 saturated heterocycles. The van der Waals surface area contributed by atoms with E-state index in [0.717, 1.165) is 51.0 Å². The number of carbonyl (C=O) groups is 2. The summed E-state index contributed by atoms with van der Waals surface area (Å²) in [5.41, 5.74) is 1.38. The van der Waals surface area contributed by atoms with E-state index in [-0.39, 0.29) is 17.6 Å². The van der Waals surface area contributed by atoms with Crippen LogP contribution in [0.3, 0.4) is 0 Å². The van der Waals surface area contributed by atoms with Gasteiger partial charge in [0.25, 0.3) is 0 Å². The van der Waals surface area contributed by atoms with Crippen molar-refractivity contribution in [3.05, 3.63) is 29.6 Å². The van der Waals surface area contributed by atoms with Crippen LogP contribution in [0.25, 0.3) is 0 Å². The molecule has 2 fully saturated rings. The molecule has 2 heterocycles. The lowest BCUT2D eigenvalue weighted by molar-refractivity contribution is -0.134. The second kappa shape index (κ2) is 10.7. The average molecular weight is 404 g/mol. The maximum atomic E-state index is 13.2. The summed E-state index contributed by atoms with van der Waals surface area (Å²) in [5, 5.41) is 2.88. The lowest BCUT2D eigenvalue weighted by atomic mass is 9.93. The third-order valence-corrected chi connectivity index (χ3v) is 6.17. The topological polar surface area (TPSA) is 52.7 Å². The number of anilines is 1. The first-order valence-electron chi connectivity index (χ1n) is 11.1. The Morgan fingerprint density at radius 3 is 2.59 bits per heavy atom. The zero-order valence-electron chi connectivity index (χ0n) is 17.6. The van der Waals surface area contributed by atoms with E-state index in [1.807, 2.05) is 4.90 Å². The molecule has 0 aliphatic carbocycles. The first-order valence-corrected chi connectivity index (χ1v) is 11.1. The van der Waals surface area contributed by atoms with Crippen molar-refractivity contribution in [2.75, 3.05) is 38.0 Å². The highest BCUT2D eigenvalue weighted by Gasteiger charge is 2.25. The molecule has 29 heavy (non-hydrogen) atoms. The summed E-state index contributed by atoms with van der Waals surface area (Å²) >= 11 is 0. The Morgan fingerprint density at radius 2 is 1.86 bits per heavy atom. The Kier molecular flexibility index (Phi) is 8.04. The zero-order chi connectivity index (χ0) is 20.6. The van der Waals surface area contributed by atoms with Gasteiger partial charge in [-0.1, -0.05) is 12.8 Å². The Bertz CT molecular complexity index is 701. The number of likely N-dealkylation sites (tertiary alicyclic amines) is 2. The molecule has 0 radical (unpaired) electrons. The van der Waals surface area contributed by atoms with Gasteiger partial charge in [-0.3, -0.25) is 14.5 Å². The van der Waals surface area contributed by atoms with E-state index in [1.54, 1.807) is 13.0 Å². The molecule has 1 aromatic rings. The standard InChI is InChI=1S/C23H34FN3O2/c1-18-15-20(24)9-10-21(18)25-22(28)11-8-19-7-6-14-27(16-19)23(29)17-26-12-4-2-3-5-13-26/h9-10,15,19H,2-8,11-14,16-17H2,1H3,(H,25,28)/t19-/m0/s1. The van der Waals surface area contributed by atoms with E-state index in [2.05, 4.69) is 10.2 Å². The zero-order valence-corrected chi connectivity index (χ0v) is 17.6. The molecule has 2 aliphatic heterocycles. The number of aryl methyl sites for hydroxylation is 1. The fourth-order valence-electron chi connectivity index (χ4n) is 4.43. The van der Waals surface area contributed by atoms with Crippen molar-refractivity contribution in [1.82, 2.24) is 9.80 Å². The number of benzene rings is 1. The van der Waals surface area contributed by atoms with Crippen LogP contribution in [0.15, 0.2) is 18.2 Å². The van der Waals surface area contributed by atoms with Crippen molar-refractivity contribution in [1.29, 1.82) is 0 Å². The predicted octanol–water partition coefficient (Wildman–Crippen LogP) is 3.97. The van der Waals surface area contributed by atoms with E-state index in [4.69, 9.17) is 0 Å². The summed E-state index contributed by atoms with van der Waals surface area (Å²) in [6.07, 6.45) is 8.21. The molecule has 160 valence electrons. The molecular weight excluding hydrogens is 369 g/mol. The molecule has 2 aliphatic rings. The van der Waals surface area contributed by atoms with Gasteiger partial charge in [0.1, 0.15) is 5.82 Å². The fourth-order valence-corrected chi connectivity index (χ4v) is 4.43.